The number of hydrogen-bond donors (Lipinski definition) is 1. The molecule has 6 N–H and O–H groups in total. The number of nitriles is 2. The number of benzene rings is 4. The number of hydrogen-bond acceptors (Lipinski definition) is 11. The molecular formula is C44H51ClN6O8Pd. The summed E-state index contributed by atoms with van der Waals surface area (Å²) in [5.41, 5.74) is 14.3. The quantitative estimate of drug-likeness (QED) is 0.0518. The van der Waals surface area contributed by atoms with Gasteiger partial charge in [0.05, 0.1) is 46.8 Å². The minimum atomic E-state index is -0.692. The molecule has 0 aromatic heterocycles. The van der Waals surface area contributed by atoms with Gasteiger partial charge in [-0.1, -0.05) is 41.9 Å². The first-order valence-corrected chi connectivity index (χ1v) is 19.5. The third-order valence-electron chi connectivity index (χ3n) is 9.82. The van der Waals surface area contributed by atoms with Crippen LogP contribution in [-0.4, -0.2) is 79.3 Å². The van der Waals surface area contributed by atoms with E-state index in [1.807, 2.05) is 37.3 Å². The molecule has 0 bridgehead atoms. The average Bonchev–Trinajstić information content (AvgIpc) is 3.81. The van der Waals surface area contributed by atoms with E-state index in [4.69, 9.17) is 26.8 Å². The van der Waals surface area contributed by atoms with Crippen LogP contribution in [0.25, 0.3) is 0 Å². The maximum atomic E-state index is 12.1. The van der Waals surface area contributed by atoms with Crippen molar-refractivity contribution < 1.29 is 55.4 Å². The SMILES string of the molecule is CC(Cc1cc(C#N)c2c(c1)CCN2CCCOC(=O)c1ccc(Cl)cc1)[N+](=O)[O-].CC(N)Cc1cc(C#N)c2c(c1)CCN2CCCOC(=O)c1ccccc1.O.O.[Pd]. The van der Waals surface area contributed by atoms with Gasteiger partial charge in [0.25, 0.3) is 0 Å². The van der Waals surface area contributed by atoms with E-state index in [9.17, 15) is 30.2 Å². The van der Waals surface area contributed by atoms with Gasteiger partial charge >= 0.3 is 11.9 Å². The summed E-state index contributed by atoms with van der Waals surface area (Å²) in [6.45, 7) is 7.25. The number of nitrogens with zero attached hydrogens (tertiary/aromatic N) is 5. The van der Waals surface area contributed by atoms with E-state index >= 15 is 0 Å². The summed E-state index contributed by atoms with van der Waals surface area (Å²) >= 11 is 5.82. The Kier molecular flexibility index (Phi) is 20.9. The van der Waals surface area contributed by atoms with Gasteiger partial charge in [0.2, 0.25) is 6.04 Å². The van der Waals surface area contributed by atoms with Gasteiger partial charge in [0, 0.05) is 75.9 Å². The zero-order valence-electron chi connectivity index (χ0n) is 33.6. The topological polar surface area (TPSA) is 239 Å². The van der Waals surface area contributed by atoms with Crippen LogP contribution in [0.1, 0.15) is 80.8 Å². The monoisotopic (exact) mass is 932 g/mol. The minimum Gasteiger partial charge on any atom is -0.462 e. The van der Waals surface area contributed by atoms with Gasteiger partial charge < -0.3 is 36.0 Å². The summed E-state index contributed by atoms with van der Waals surface area (Å²) in [6, 6.07) is 27.3. The van der Waals surface area contributed by atoms with Crippen LogP contribution in [-0.2, 0) is 55.6 Å². The van der Waals surface area contributed by atoms with Crippen molar-refractivity contribution in [3.63, 3.8) is 0 Å². The van der Waals surface area contributed by atoms with E-state index in [2.05, 4.69) is 28.0 Å². The maximum Gasteiger partial charge on any atom is 0.338 e. The predicted octanol–water partition coefficient (Wildman–Crippen LogP) is 5.43. The molecule has 16 heteroatoms. The molecule has 2 heterocycles. The molecule has 14 nitrogen and oxygen atoms in total. The van der Waals surface area contributed by atoms with Crippen molar-refractivity contribution in [2.24, 2.45) is 5.73 Å². The number of rotatable bonds is 15. The zero-order valence-corrected chi connectivity index (χ0v) is 35.9. The molecule has 6 rings (SSSR count). The third kappa shape index (κ3) is 13.9. The fraction of sp³-hybridized carbons (Fsp3) is 0.364. The van der Waals surface area contributed by atoms with Gasteiger partial charge in [-0.25, -0.2) is 9.59 Å². The van der Waals surface area contributed by atoms with Gasteiger partial charge in [-0.2, -0.15) is 10.5 Å². The van der Waals surface area contributed by atoms with Gasteiger partial charge in [-0.05, 0) is 110 Å². The van der Waals surface area contributed by atoms with Crippen LogP contribution in [0.2, 0.25) is 5.02 Å². The Morgan fingerprint density at radius 3 is 1.67 bits per heavy atom. The van der Waals surface area contributed by atoms with Crippen LogP contribution in [0.15, 0.2) is 78.9 Å². The number of nitrogens with two attached hydrogens (primary N) is 1. The molecule has 4 aromatic rings. The molecule has 0 saturated heterocycles. The van der Waals surface area contributed by atoms with Crippen LogP contribution in [0.5, 0.6) is 0 Å². The van der Waals surface area contributed by atoms with Gasteiger partial charge in [0.1, 0.15) is 12.1 Å². The Morgan fingerprint density at radius 2 is 1.23 bits per heavy atom. The largest absolute Gasteiger partial charge is 0.462 e. The second-order valence-electron chi connectivity index (χ2n) is 14.4. The fourth-order valence-corrected chi connectivity index (χ4v) is 7.32. The smallest absolute Gasteiger partial charge is 0.338 e. The van der Waals surface area contributed by atoms with Crippen LogP contribution in [0.3, 0.4) is 0 Å². The van der Waals surface area contributed by atoms with E-state index in [1.54, 1.807) is 49.4 Å². The standard InChI is InChI=1S/C22H22ClN3O4.C22H25N3O2.2H2O.Pd/c1-15(26(28)29)11-16-12-18-7-9-25(21(18)19(13-16)14-24)8-2-10-30-22(27)17-3-5-20(23)6-4-17;1-16(24)12-17-13-19-8-10-25(21(19)20(14-17)15-23)9-5-11-27-22(26)18-6-3-2-4-7-18;;;/h3-6,12-13,15H,2,7-11H2,1H3;2-4,6-7,13-14,16H,5,8-12,24H2,1H3;2*1H2;. The first kappa shape index (κ1) is 50.8. The van der Waals surface area contributed by atoms with Gasteiger partial charge in [-0.15, -0.1) is 0 Å². The van der Waals surface area contributed by atoms with E-state index in [0.29, 0.717) is 53.3 Å². The molecule has 2 atom stereocenters. The summed E-state index contributed by atoms with van der Waals surface area (Å²) in [4.78, 5) is 39.0. The Labute approximate surface area is 369 Å². The van der Waals surface area contributed by atoms with E-state index in [-0.39, 0.29) is 54.9 Å². The molecule has 0 aliphatic carbocycles. The average molecular weight is 934 g/mol. The molecule has 2 aliphatic rings. The van der Waals surface area contributed by atoms with Crippen molar-refractivity contribution in [2.45, 2.75) is 64.5 Å². The van der Waals surface area contributed by atoms with Crippen molar-refractivity contribution in [3.8, 4) is 12.1 Å². The van der Waals surface area contributed by atoms with Crippen molar-refractivity contribution in [2.75, 3.05) is 49.2 Å². The molecule has 60 heavy (non-hydrogen) atoms. The fourth-order valence-electron chi connectivity index (χ4n) is 7.19. The Hall–Kier alpha value is -5.37. The van der Waals surface area contributed by atoms with Crippen LogP contribution < -0.4 is 15.5 Å². The van der Waals surface area contributed by atoms with Crippen molar-refractivity contribution in [1.29, 1.82) is 10.5 Å². The maximum absolute atomic E-state index is 12.1. The first-order valence-electron chi connectivity index (χ1n) is 19.1. The summed E-state index contributed by atoms with van der Waals surface area (Å²) < 4.78 is 10.7. The Balaban J connectivity index is 0.000000396. The van der Waals surface area contributed by atoms with Gasteiger partial charge in [0.15, 0.2) is 0 Å². The Bertz CT molecular complexity index is 2140. The summed E-state index contributed by atoms with van der Waals surface area (Å²) in [6.07, 6.45) is 4.15. The first-order chi connectivity index (χ1) is 27.5. The molecular weight excluding hydrogens is 882 g/mol. The number of fused-ring (bicyclic) bond motifs is 2. The molecule has 0 spiro atoms. The van der Waals surface area contributed by atoms with Crippen molar-refractivity contribution in [1.82, 2.24) is 0 Å². The predicted molar refractivity (Wildman–Crippen MR) is 227 cm³/mol. The molecule has 0 fully saturated rings. The number of carbonyl (C=O) groups excluding carboxylic acids is 2. The number of esters is 2. The normalized spacial score (nSPS) is 12.9. The number of ether oxygens (including phenoxy) is 2. The minimum absolute atomic E-state index is 0. The molecule has 0 amide bonds. The van der Waals surface area contributed by atoms with Crippen molar-refractivity contribution in [3.05, 3.63) is 139 Å². The molecule has 0 radical (unpaired) electrons. The summed E-state index contributed by atoms with van der Waals surface area (Å²) in [5, 5.41) is 30.7. The second-order valence-corrected chi connectivity index (χ2v) is 14.8. The van der Waals surface area contributed by atoms with E-state index < -0.39 is 12.0 Å². The Morgan fingerprint density at radius 1 is 0.783 bits per heavy atom. The van der Waals surface area contributed by atoms with Gasteiger partial charge in [-0.3, -0.25) is 10.1 Å². The number of nitro groups is 1. The summed E-state index contributed by atoms with van der Waals surface area (Å²) in [7, 11) is 0. The summed E-state index contributed by atoms with van der Waals surface area (Å²) in [5.74, 6) is -0.688. The van der Waals surface area contributed by atoms with E-state index in [1.165, 1.54) is 5.56 Å². The number of anilines is 2. The molecule has 2 aliphatic heterocycles. The number of halogens is 1. The molecule has 4 aromatic carbocycles. The number of carbonyl (C=O) groups is 2. The van der Waals surface area contributed by atoms with Crippen LogP contribution in [0, 0.1) is 32.8 Å². The molecule has 2 unspecified atom stereocenters. The third-order valence-corrected chi connectivity index (χ3v) is 10.1. The van der Waals surface area contributed by atoms with Crippen LogP contribution in [0.4, 0.5) is 11.4 Å². The van der Waals surface area contributed by atoms with Crippen molar-refractivity contribution >= 4 is 34.9 Å². The second kappa shape index (κ2) is 24.7. The zero-order chi connectivity index (χ0) is 40.9. The molecule has 322 valence electrons. The van der Waals surface area contributed by atoms with E-state index in [0.717, 1.165) is 73.4 Å². The van der Waals surface area contributed by atoms with Crippen LogP contribution >= 0.6 is 11.6 Å². The molecule has 0 saturated carbocycles.